The van der Waals surface area contributed by atoms with Gasteiger partial charge in [0.05, 0.1) is 4.90 Å². The van der Waals surface area contributed by atoms with E-state index in [1.807, 2.05) is 0 Å². The fourth-order valence-corrected chi connectivity index (χ4v) is 3.67. The van der Waals surface area contributed by atoms with Crippen LogP contribution in [0.25, 0.3) is 6.08 Å². The van der Waals surface area contributed by atoms with Crippen LogP contribution in [0.2, 0.25) is 0 Å². The van der Waals surface area contributed by atoms with Crippen LogP contribution < -0.4 is 4.72 Å². The van der Waals surface area contributed by atoms with Gasteiger partial charge in [-0.1, -0.05) is 25.5 Å². The first-order valence-electron chi connectivity index (χ1n) is 6.96. The highest BCUT2D eigenvalue weighted by atomic mass is 32.2. The molecule has 1 aromatic carbocycles. The zero-order valence-electron chi connectivity index (χ0n) is 11.8. The third kappa shape index (κ3) is 4.41. The van der Waals surface area contributed by atoms with Gasteiger partial charge >= 0.3 is 5.97 Å². The number of hydrogen-bond donors (Lipinski definition) is 2. The van der Waals surface area contributed by atoms with Crippen molar-refractivity contribution in [3.05, 3.63) is 35.9 Å². The van der Waals surface area contributed by atoms with Crippen LogP contribution in [-0.4, -0.2) is 25.5 Å². The fraction of sp³-hybridized carbons (Fsp3) is 0.400. The van der Waals surface area contributed by atoms with E-state index in [2.05, 4.69) is 11.6 Å². The highest BCUT2D eigenvalue weighted by molar-refractivity contribution is 7.89. The number of hydrogen-bond acceptors (Lipinski definition) is 3. The maximum Gasteiger partial charge on any atom is 0.328 e. The third-order valence-electron chi connectivity index (χ3n) is 3.48. The predicted molar refractivity (Wildman–Crippen MR) is 80.2 cm³/mol. The van der Waals surface area contributed by atoms with Gasteiger partial charge in [0.25, 0.3) is 0 Å². The topological polar surface area (TPSA) is 83.5 Å². The summed E-state index contributed by atoms with van der Waals surface area (Å²) in [6.07, 6.45) is 5.34. The lowest BCUT2D eigenvalue weighted by Gasteiger charge is -2.07. The van der Waals surface area contributed by atoms with Crippen LogP contribution in [0, 0.1) is 5.92 Å². The van der Waals surface area contributed by atoms with E-state index in [0.29, 0.717) is 11.5 Å². The van der Waals surface area contributed by atoms with Gasteiger partial charge in [0, 0.05) is 12.1 Å². The lowest BCUT2D eigenvalue weighted by Crippen LogP contribution is -2.27. The van der Waals surface area contributed by atoms with Crippen LogP contribution in [0.15, 0.2) is 35.2 Å². The molecule has 1 fully saturated rings. The van der Waals surface area contributed by atoms with E-state index in [9.17, 15) is 13.2 Å². The molecular formula is C15H19NO4S. The Bertz CT molecular complexity index is 651. The third-order valence-corrected chi connectivity index (χ3v) is 4.96. The van der Waals surface area contributed by atoms with Gasteiger partial charge in [-0.3, -0.25) is 0 Å². The van der Waals surface area contributed by atoms with Crippen molar-refractivity contribution in [3.8, 4) is 0 Å². The summed E-state index contributed by atoms with van der Waals surface area (Å²) in [6, 6.07) is 6.28. The molecule has 6 heteroatoms. The van der Waals surface area contributed by atoms with Crippen molar-refractivity contribution in [2.45, 2.75) is 37.1 Å². The second kappa shape index (κ2) is 6.41. The zero-order valence-corrected chi connectivity index (χ0v) is 12.6. The lowest BCUT2D eigenvalue weighted by atomic mass is 10.2. The SMILES string of the molecule is CCCC1CC1NS(=O)(=O)c1cccc(/C=C/C(=O)O)c1. The van der Waals surface area contributed by atoms with E-state index >= 15 is 0 Å². The molecule has 2 rings (SSSR count). The number of rotatable bonds is 7. The molecule has 114 valence electrons. The Kier molecular flexibility index (Phi) is 4.80. The van der Waals surface area contributed by atoms with Gasteiger partial charge in [-0.05, 0) is 42.5 Å². The molecule has 1 aromatic rings. The standard InChI is InChI=1S/C15H19NO4S/c1-2-4-12-10-14(12)16-21(19,20)13-6-3-5-11(9-13)7-8-15(17)18/h3,5-9,12,14,16H,2,4,10H2,1H3,(H,17,18)/b8-7+. The smallest absolute Gasteiger partial charge is 0.328 e. The first-order chi connectivity index (χ1) is 9.92. The molecule has 0 aromatic heterocycles. The maximum atomic E-state index is 12.3. The summed E-state index contributed by atoms with van der Waals surface area (Å²) < 4.78 is 27.2. The number of carboxylic acid groups (broad SMARTS) is 1. The Morgan fingerprint density at radius 3 is 2.90 bits per heavy atom. The quantitative estimate of drug-likeness (QED) is 0.757. The van der Waals surface area contributed by atoms with E-state index in [1.54, 1.807) is 12.1 Å². The Morgan fingerprint density at radius 2 is 2.24 bits per heavy atom. The fourth-order valence-electron chi connectivity index (χ4n) is 2.30. The van der Waals surface area contributed by atoms with Crippen LogP contribution in [0.5, 0.6) is 0 Å². The number of sulfonamides is 1. The Balaban J connectivity index is 2.10. The lowest BCUT2D eigenvalue weighted by molar-refractivity contribution is -0.131. The average molecular weight is 309 g/mol. The maximum absolute atomic E-state index is 12.3. The minimum atomic E-state index is -3.54. The zero-order chi connectivity index (χ0) is 15.5. The number of nitrogens with one attached hydrogen (secondary N) is 1. The Morgan fingerprint density at radius 1 is 1.48 bits per heavy atom. The first kappa shape index (κ1) is 15.7. The van der Waals surface area contributed by atoms with Crippen molar-refractivity contribution < 1.29 is 18.3 Å². The molecule has 0 spiro atoms. The van der Waals surface area contributed by atoms with Gasteiger partial charge < -0.3 is 5.11 Å². The van der Waals surface area contributed by atoms with Gasteiger partial charge in [-0.15, -0.1) is 0 Å². The molecule has 0 heterocycles. The summed E-state index contributed by atoms with van der Waals surface area (Å²) in [5.74, 6) is -0.623. The van der Waals surface area contributed by atoms with Crippen LogP contribution in [-0.2, 0) is 14.8 Å². The van der Waals surface area contributed by atoms with Crippen molar-refractivity contribution in [2.24, 2.45) is 5.92 Å². The van der Waals surface area contributed by atoms with E-state index < -0.39 is 16.0 Å². The van der Waals surface area contributed by atoms with Gasteiger partial charge in [0.1, 0.15) is 0 Å². The molecule has 5 nitrogen and oxygen atoms in total. The molecule has 2 N–H and O–H groups in total. The van der Waals surface area contributed by atoms with Crippen molar-refractivity contribution in [2.75, 3.05) is 0 Å². The summed E-state index contributed by atoms with van der Waals surface area (Å²) in [5, 5.41) is 8.59. The summed E-state index contributed by atoms with van der Waals surface area (Å²) in [4.78, 5) is 10.7. The minimum absolute atomic E-state index is 0.0353. The van der Waals surface area contributed by atoms with Gasteiger partial charge in [-0.2, -0.15) is 0 Å². The second-order valence-corrected chi connectivity index (χ2v) is 6.97. The van der Waals surface area contributed by atoms with Crippen LogP contribution in [0.1, 0.15) is 31.7 Å². The molecule has 0 amide bonds. The second-order valence-electron chi connectivity index (χ2n) is 5.26. The molecule has 1 saturated carbocycles. The van der Waals surface area contributed by atoms with Crippen LogP contribution in [0.4, 0.5) is 0 Å². The molecule has 21 heavy (non-hydrogen) atoms. The van der Waals surface area contributed by atoms with Crippen molar-refractivity contribution in [3.63, 3.8) is 0 Å². The highest BCUT2D eigenvalue weighted by Crippen LogP contribution is 2.35. The molecule has 0 saturated heterocycles. The number of carboxylic acids is 1. The minimum Gasteiger partial charge on any atom is -0.478 e. The summed E-state index contributed by atoms with van der Waals surface area (Å²) in [6.45, 7) is 2.09. The molecule has 2 atom stereocenters. The van der Waals surface area contributed by atoms with Crippen molar-refractivity contribution in [1.82, 2.24) is 4.72 Å². The van der Waals surface area contributed by atoms with E-state index in [-0.39, 0.29) is 10.9 Å². The molecule has 1 aliphatic rings. The van der Waals surface area contributed by atoms with E-state index in [4.69, 9.17) is 5.11 Å². The van der Waals surface area contributed by atoms with Crippen LogP contribution >= 0.6 is 0 Å². The average Bonchev–Trinajstić information content (AvgIpc) is 3.14. The summed E-state index contributed by atoms with van der Waals surface area (Å²) in [5.41, 5.74) is 0.543. The molecular weight excluding hydrogens is 290 g/mol. The number of carbonyl (C=O) groups is 1. The molecule has 0 bridgehead atoms. The van der Waals surface area contributed by atoms with Crippen molar-refractivity contribution in [1.29, 1.82) is 0 Å². The molecule has 2 unspecified atom stereocenters. The highest BCUT2D eigenvalue weighted by Gasteiger charge is 2.39. The van der Waals surface area contributed by atoms with Crippen LogP contribution in [0.3, 0.4) is 0 Å². The first-order valence-corrected chi connectivity index (χ1v) is 8.44. The largest absolute Gasteiger partial charge is 0.478 e. The molecule has 0 aliphatic heterocycles. The van der Waals surface area contributed by atoms with Gasteiger partial charge in [-0.25, -0.2) is 17.9 Å². The monoisotopic (exact) mass is 309 g/mol. The Hall–Kier alpha value is -1.66. The van der Waals surface area contributed by atoms with Gasteiger partial charge in [0.15, 0.2) is 0 Å². The van der Waals surface area contributed by atoms with Gasteiger partial charge in [0.2, 0.25) is 10.0 Å². The molecule has 0 radical (unpaired) electrons. The number of benzene rings is 1. The summed E-state index contributed by atoms with van der Waals surface area (Å²) in [7, 11) is -3.54. The molecule has 1 aliphatic carbocycles. The van der Waals surface area contributed by atoms with E-state index in [1.165, 1.54) is 18.2 Å². The number of aliphatic carboxylic acids is 1. The Labute approximate surface area is 124 Å². The normalized spacial score (nSPS) is 21.6. The predicted octanol–water partition coefficient (Wildman–Crippen LogP) is 2.25. The van der Waals surface area contributed by atoms with E-state index in [0.717, 1.165) is 25.3 Å². The summed E-state index contributed by atoms with van der Waals surface area (Å²) >= 11 is 0. The van der Waals surface area contributed by atoms with Crippen molar-refractivity contribution >= 4 is 22.1 Å².